The van der Waals surface area contributed by atoms with E-state index in [1.165, 1.54) is 25.7 Å². The van der Waals surface area contributed by atoms with Gasteiger partial charge in [0.15, 0.2) is 45.9 Å². The number of carboxylic acids is 1. The smallest absolute Gasteiger partial charge is 0.306 e. The number of aryl methyl sites for hydroxylation is 8. The lowest BCUT2D eigenvalue weighted by Gasteiger charge is -2.25. The maximum atomic E-state index is 13.7. The highest BCUT2D eigenvalue weighted by Gasteiger charge is 2.32. The number of amides is 2. The Kier molecular flexibility index (Phi) is 40.8. The average Bonchev–Trinajstić information content (AvgIpc) is 1.61. The minimum atomic E-state index is -0.854. The van der Waals surface area contributed by atoms with Gasteiger partial charge in [-0.15, -0.1) is 0 Å². The van der Waals surface area contributed by atoms with Gasteiger partial charge >= 0.3 is 11.9 Å². The van der Waals surface area contributed by atoms with E-state index < -0.39 is 5.97 Å². The summed E-state index contributed by atoms with van der Waals surface area (Å²) in [4.78, 5) is 146. The SMILES string of the molecule is C.C.C.C.[C-]#[N+]c1ccc(-n2c(C)c(C(=O)CN3CCCCC3)c3nc(C)c(CCC(=O)N(CC)CC)cc32)cc1.[C-]#[N+]c1ccc(-n2c(C)c(C(=O)CN3CCCCC3)c3nc(C)c(CCC(=O)O)cc32)cc1.[C-]#[N+]c1ccc(-n2c(C)c(C(=O)CN3CCCCC3)c3nc(C)c(CCC(=O)OCC)cc32)cc1.[C-]#[N+]c1ccc(-n2c(C)c(C(=O)CN3CCCCC3)c3nc(C)c(CCC(N)=O)cc32)cc1. The van der Waals surface area contributed by atoms with Crippen molar-refractivity contribution >= 4 is 114 Å². The molecular weight excluding hydrogens is 1780 g/mol. The minimum absolute atomic E-state index is 0. The van der Waals surface area contributed by atoms with Gasteiger partial charge in [-0.3, -0.25) is 77.9 Å². The number of esters is 1. The van der Waals surface area contributed by atoms with Gasteiger partial charge in [-0.05, 0) is 301 Å². The molecule has 28 nitrogen and oxygen atoms in total. The van der Waals surface area contributed by atoms with Crippen LogP contribution in [0.1, 0.15) is 262 Å². The van der Waals surface area contributed by atoms with E-state index in [1.807, 2.05) is 155 Å². The molecule has 0 bridgehead atoms. The molecule has 2 amide bonds. The molecule has 16 rings (SSSR count). The lowest BCUT2D eigenvalue weighted by atomic mass is 10.0. The highest BCUT2D eigenvalue weighted by molar-refractivity contribution is 6.13. The summed E-state index contributed by atoms with van der Waals surface area (Å²) in [5, 5.41) is 9.14. The molecule has 4 aliphatic heterocycles. The maximum absolute atomic E-state index is 13.7. The Balaban J connectivity index is 0.000000209. The van der Waals surface area contributed by atoms with Crippen molar-refractivity contribution in [2.75, 3.05) is 98.2 Å². The Morgan fingerprint density at radius 1 is 0.352 bits per heavy atom. The Labute approximate surface area is 838 Å². The molecule has 4 aliphatic rings. The second-order valence-electron chi connectivity index (χ2n) is 36.4. The van der Waals surface area contributed by atoms with Crippen LogP contribution in [0.2, 0.25) is 0 Å². The Morgan fingerprint density at radius 3 is 0.803 bits per heavy atom. The molecule has 28 heteroatoms. The summed E-state index contributed by atoms with van der Waals surface area (Å²) in [5.74, 6) is -0.988. The van der Waals surface area contributed by atoms with Gasteiger partial charge in [0.25, 0.3) is 0 Å². The van der Waals surface area contributed by atoms with E-state index in [1.54, 1.807) is 55.5 Å². The number of hydrogen-bond acceptors (Lipinski definition) is 17. The first-order valence-electron chi connectivity index (χ1n) is 48.5. The number of nitrogens with two attached hydrogens (primary N) is 1. The predicted molar refractivity (Wildman–Crippen MR) is 567 cm³/mol. The second-order valence-corrected chi connectivity index (χ2v) is 36.4. The molecule has 8 aromatic heterocycles. The van der Waals surface area contributed by atoms with Crippen molar-refractivity contribution < 1.29 is 48.2 Å². The normalized spacial score (nSPS) is 13.8. The lowest BCUT2D eigenvalue weighted by molar-refractivity contribution is -0.143. The van der Waals surface area contributed by atoms with Crippen LogP contribution in [0.15, 0.2) is 121 Å². The number of aliphatic carboxylic acids is 1. The van der Waals surface area contributed by atoms with Gasteiger partial charge in [0.2, 0.25) is 11.8 Å². The van der Waals surface area contributed by atoms with E-state index in [-0.39, 0.29) is 89.9 Å². The third-order valence-corrected chi connectivity index (χ3v) is 27.1. The predicted octanol–water partition coefficient (Wildman–Crippen LogP) is 22.7. The van der Waals surface area contributed by atoms with E-state index in [0.29, 0.717) is 145 Å². The van der Waals surface area contributed by atoms with Crippen molar-refractivity contribution in [2.45, 2.75) is 234 Å². The quantitative estimate of drug-likeness (QED) is 0.0232. The molecule has 0 radical (unpaired) electrons. The minimum Gasteiger partial charge on any atom is -0.481 e. The van der Waals surface area contributed by atoms with Crippen LogP contribution in [0, 0.1) is 81.7 Å². The van der Waals surface area contributed by atoms with Gasteiger partial charge in [-0.25, -0.2) is 19.4 Å². The van der Waals surface area contributed by atoms with Gasteiger partial charge in [0.1, 0.15) is 0 Å². The number of pyridine rings is 4. The molecule has 4 aromatic carbocycles. The number of nitrogens with zero attached hydrogens (tertiary/aromatic N) is 17. The number of primary amides is 1. The van der Waals surface area contributed by atoms with Crippen LogP contribution < -0.4 is 5.73 Å². The van der Waals surface area contributed by atoms with Crippen molar-refractivity contribution in [3.8, 4) is 22.7 Å². The molecule has 142 heavy (non-hydrogen) atoms. The fourth-order valence-corrected chi connectivity index (χ4v) is 19.7. The standard InChI is InChI=1S/C30H37N5O2.C28H32N4O3.C26H29N5O2.C26H28N4O3.4CH4/c1-6-34(7-2)28(37)16-11-23-19-26-30(32-21(23)3)29(27(36)20-33-17-9-8-10-18-33)22(4)35(26)25-14-12-24(31-5)13-15-25;1-5-35-26(34)14-9-21-17-24-28(30-19(21)2)27(25(33)18-31-15-7-6-8-16-31)20(3)32(24)23-12-10-22(29-4)11-13-23;1-17-19(7-12-24(27)33)15-22-26(29-17)25(23(32)16-30-13-5-4-6-14-30)18(2)31(22)21-10-8-20(28-3)9-11-21;1-17-19(7-12-24(32)33)15-22-26(28-17)25(23(31)16-29-13-5-4-6-14-29)18(2)30(22)21-10-8-20(27-3)9-11-21;;;;/h12-15,19H,6-11,16-18,20H2,1-4H3;10-13,17H,5-9,14-16,18H2,1-3H3;8-11,15H,4-7,12-14,16H2,1-2H3,(H2,27,33);8-11,15H,4-7,12-14,16H2,1-2H3,(H,32,33);4*1H4. The van der Waals surface area contributed by atoms with E-state index in [9.17, 15) is 38.4 Å². The van der Waals surface area contributed by atoms with Gasteiger partial charge in [-0.1, -0.05) is 104 Å². The van der Waals surface area contributed by atoms with E-state index in [2.05, 4.69) is 49.6 Å². The van der Waals surface area contributed by atoms with Crippen molar-refractivity contribution in [1.82, 2.24) is 62.7 Å². The Bertz CT molecular complexity index is 6500. The first-order valence-corrected chi connectivity index (χ1v) is 48.5. The molecule has 4 saturated heterocycles. The van der Waals surface area contributed by atoms with Crippen LogP contribution in [0.25, 0.3) is 86.3 Å². The van der Waals surface area contributed by atoms with E-state index >= 15 is 0 Å². The summed E-state index contributed by atoms with van der Waals surface area (Å²) >= 11 is 0. The number of carbonyl (C=O) groups excluding carboxylic acids is 7. The third kappa shape index (κ3) is 26.4. The fraction of sp³-hybridized carbons (Fsp3) is 0.439. The summed E-state index contributed by atoms with van der Waals surface area (Å²) in [6.45, 7) is 61.2. The van der Waals surface area contributed by atoms with Crippen LogP contribution in [-0.2, 0) is 49.6 Å². The zero-order valence-corrected chi connectivity index (χ0v) is 81.6. The summed E-state index contributed by atoms with van der Waals surface area (Å²) in [7, 11) is 0. The molecule has 12 heterocycles. The Morgan fingerprint density at radius 2 is 0.585 bits per heavy atom. The van der Waals surface area contributed by atoms with Gasteiger partial charge in [0, 0.05) is 107 Å². The van der Waals surface area contributed by atoms with Gasteiger partial charge in [0.05, 0.1) is 125 Å². The number of carboxylic acid groups (broad SMARTS) is 1. The largest absolute Gasteiger partial charge is 0.481 e. The highest BCUT2D eigenvalue weighted by Crippen LogP contribution is 2.39. The molecule has 0 saturated carbocycles. The monoisotopic (exact) mass is 1920 g/mol. The topological polar surface area (TPSA) is 297 Å². The lowest BCUT2D eigenvalue weighted by Crippen LogP contribution is -2.34. The number of ketones is 4. The van der Waals surface area contributed by atoms with Crippen LogP contribution in [-0.4, -0.2) is 213 Å². The summed E-state index contributed by atoms with van der Waals surface area (Å²) in [5.41, 5.74) is 30.1. The molecule has 4 fully saturated rings. The number of aromatic nitrogens is 8. The van der Waals surface area contributed by atoms with Gasteiger partial charge < -0.3 is 38.7 Å². The van der Waals surface area contributed by atoms with Crippen LogP contribution in [0.4, 0.5) is 22.7 Å². The van der Waals surface area contributed by atoms with Crippen LogP contribution in [0.5, 0.6) is 0 Å². The molecular formula is C114H142N18O10. The average molecular weight is 1920 g/mol. The number of Topliss-reactive ketones (excluding diaryl/α,β-unsaturated/α-hetero) is 4. The van der Waals surface area contributed by atoms with Crippen LogP contribution in [0.3, 0.4) is 0 Å². The zero-order valence-electron chi connectivity index (χ0n) is 81.6. The van der Waals surface area contributed by atoms with Crippen molar-refractivity contribution in [3.05, 3.63) is 257 Å². The first-order chi connectivity index (χ1) is 66.6. The Hall–Kier alpha value is -14.0. The zero-order chi connectivity index (χ0) is 98.5. The summed E-state index contributed by atoms with van der Waals surface area (Å²) < 4.78 is 13.3. The summed E-state index contributed by atoms with van der Waals surface area (Å²) in [6, 6.07) is 37.5. The number of benzene rings is 4. The number of fused-ring (bicyclic) bond motifs is 4. The number of hydrogen-bond donors (Lipinski definition) is 2. The fourth-order valence-electron chi connectivity index (χ4n) is 19.7. The second kappa shape index (κ2) is 52.0. The number of ether oxygens (including phenoxy) is 1. The molecule has 0 unspecified atom stereocenters. The molecule has 12 aromatic rings. The number of piperidine rings is 4. The molecule has 3 N–H and O–H groups in total. The molecule has 0 aliphatic carbocycles. The van der Waals surface area contributed by atoms with Crippen molar-refractivity contribution in [1.29, 1.82) is 0 Å². The van der Waals surface area contributed by atoms with Crippen molar-refractivity contribution in [2.24, 2.45) is 5.73 Å². The number of carbonyl (C=O) groups is 8. The van der Waals surface area contributed by atoms with Crippen molar-refractivity contribution in [3.63, 3.8) is 0 Å². The number of rotatable bonds is 31. The van der Waals surface area contributed by atoms with Crippen LogP contribution >= 0.6 is 0 Å². The van der Waals surface area contributed by atoms with E-state index in [0.717, 1.165) is 216 Å². The third-order valence-electron chi connectivity index (χ3n) is 27.1. The molecule has 0 spiro atoms. The summed E-state index contributed by atoms with van der Waals surface area (Å²) in [6.07, 6.45) is 16.9. The van der Waals surface area contributed by atoms with E-state index in [4.69, 9.17) is 61.8 Å². The highest BCUT2D eigenvalue weighted by atomic mass is 16.5. The first kappa shape index (κ1) is 112. The molecule has 0 atom stereocenters. The van der Waals surface area contributed by atoms with Gasteiger partial charge in [-0.2, -0.15) is 0 Å². The maximum Gasteiger partial charge on any atom is 0.306 e. The number of likely N-dealkylation sites (tertiary alicyclic amines) is 4. The molecule has 748 valence electrons.